The fraction of sp³-hybridized carbons (Fsp3) is 0.600. The Morgan fingerprint density at radius 1 is 1.11 bits per heavy atom. The number of piperidine rings is 1. The van der Waals surface area contributed by atoms with Crippen LogP contribution in [-0.2, 0) is 4.79 Å². The van der Waals surface area contributed by atoms with Crippen molar-refractivity contribution in [2.75, 3.05) is 26.7 Å². The van der Waals surface area contributed by atoms with Crippen molar-refractivity contribution in [1.82, 2.24) is 19.7 Å². The third-order valence-corrected chi connectivity index (χ3v) is 5.98. The van der Waals surface area contributed by atoms with E-state index in [1.165, 1.54) is 24.8 Å². The summed E-state index contributed by atoms with van der Waals surface area (Å²) < 4.78 is 5.85. The van der Waals surface area contributed by atoms with Crippen LogP contribution in [0.3, 0.4) is 0 Å². The molecule has 0 N–H and O–H groups in total. The first kappa shape index (κ1) is 18.7. The molecule has 1 aromatic rings. The van der Waals surface area contributed by atoms with Crippen LogP contribution < -0.4 is 4.74 Å². The number of pyridine rings is 1. The van der Waals surface area contributed by atoms with Gasteiger partial charge < -0.3 is 14.5 Å². The van der Waals surface area contributed by atoms with Crippen molar-refractivity contribution < 1.29 is 19.1 Å². The largest absolute Gasteiger partial charge is 0.474 e. The van der Waals surface area contributed by atoms with E-state index in [1.54, 1.807) is 28.1 Å². The zero-order valence-corrected chi connectivity index (χ0v) is 16.2. The van der Waals surface area contributed by atoms with Gasteiger partial charge in [-0.3, -0.25) is 14.5 Å². The number of likely N-dealkylation sites (N-methyl/N-ethyl adjacent to an activating group) is 1. The van der Waals surface area contributed by atoms with E-state index in [9.17, 15) is 14.4 Å². The van der Waals surface area contributed by atoms with Crippen LogP contribution in [0, 0.1) is 0 Å². The lowest BCUT2D eigenvalue weighted by atomic mass is 10.0. The van der Waals surface area contributed by atoms with Crippen LogP contribution in [0.2, 0.25) is 0 Å². The highest BCUT2D eigenvalue weighted by Gasteiger charge is 2.39. The summed E-state index contributed by atoms with van der Waals surface area (Å²) in [6, 6.07) is 3.30. The molecule has 2 saturated heterocycles. The Bertz CT molecular complexity index is 752. The fourth-order valence-corrected chi connectivity index (χ4v) is 4.22. The van der Waals surface area contributed by atoms with Crippen molar-refractivity contribution in [3.8, 4) is 5.88 Å². The molecular formula is C20H26N4O4. The number of imide groups is 1. The number of nitrogens with zero attached hydrogens (tertiary/aromatic N) is 4. The Balaban J connectivity index is 1.31. The minimum atomic E-state index is -0.239. The molecule has 150 valence electrons. The molecule has 2 aliphatic heterocycles. The average molecular weight is 386 g/mol. The minimum absolute atomic E-state index is 0.00534. The highest BCUT2D eigenvalue weighted by molar-refractivity contribution is 6.01. The maximum atomic E-state index is 12.8. The molecule has 0 aromatic carbocycles. The third-order valence-electron chi connectivity index (χ3n) is 5.98. The van der Waals surface area contributed by atoms with Crippen LogP contribution in [0.25, 0.3) is 0 Å². The number of urea groups is 1. The molecule has 0 unspecified atom stereocenters. The maximum Gasteiger partial charge on any atom is 0.327 e. The van der Waals surface area contributed by atoms with E-state index in [1.807, 2.05) is 0 Å². The zero-order valence-electron chi connectivity index (χ0n) is 16.2. The lowest BCUT2D eigenvalue weighted by Gasteiger charge is -2.36. The summed E-state index contributed by atoms with van der Waals surface area (Å²) in [6.45, 7) is 1.26. The number of carbonyl (C=O) groups excluding carboxylic acids is 3. The molecule has 1 saturated carbocycles. The van der Waals surface area contributed by atoms with Crippen molar-refractivity contribution in [2.45, 2.75) is 50.7 Å². The summed E-state index contributed by atoms with van der Waals surface area (Å²) in [7, 11) is 1.51. The average Bonchev–Trinajstić information content (AvgIpc) is 3.32. The van der Waals surface area contributed by atoms with Gasteiger partial charge in [-0.25, -0.2) is 9.78 Å². The van der Waals surface area contributed by atoms with E-state index in [0.717, 1.165) is 12.8 Å². The van der Waals surface area contributed by atoms with Gasteiger partial charge in [-0.2, -0.15) is 0 Å². The number of amides is 4. The zero-order chi connectivity index (χ0) is 19.7. The molecule has 4 rings (SSSR count). The molecule has 3 heterocycles. The van der Waals surface area contributed by atoms with E-state index in [4.69, 9.17) is 4.74 Å². The Kier molecular flexibility index (Phi) is 5.19. The first-order valence-corrected chi connectivity index (χ1v) is 10.0. The molecule has 0 bridgehead atoms. The van der Waals surface area contributed by atoms with Crippen LogP contribution >= 0.6 is 0 Å². The fourth-order valence-electron chi connectivity index (χ4n) is 4.22. The monoisotopic (exact) mass is 386 g/mol. The predicted molar refractivity (Wildman–Crippen MR) is 101 cm³/mol. The highest BCUT2D eigenvalue weighted by Crippen LogP contribution is 2.24. The Morgan fingerprint density at radius 2 is 1.82 bits per heavy atom. The lowest BCUT2D eigenvalue weighted by molar-refractivity contribution is -0.124. The minimum Gasteiger partial charge on any atom is -0.474 e. The molecule has 1 aliphatic carbocycles. The van der Waals surface area contributed by atoms with E-state index >= 15 is 0 Å². The van der Waals surface area contributed by atoms with Crippen LogP contribution in [0.1, 0.15) is 48.9 Å². The number of ether oxygens (including phenoxy) is 1. The number of carbonyl (C=O) groups is 3. The number of hydrogen-bond donors (Lipinski definition) is 0. The SMILES string of the molecule is CN1C(=O)CN(C2CCN(C(=O)c3ccc(OC4CCCC4)nc3)CC2)C1=O. The second-order valence-electron chi connectivity index (χ2n) is 7.80. The molecule has 8 nitrogen and oxygen atoms in total. The molecular weight excluding hydrogens is 360 g/mol. The molecule has 4 amide bonds. The van der Waals surface area contributed by atoms with E-state index in [0.29, 0.717) is 37.4 Å². The first-order chi connectivity index (χ1) is 13.5. The van der Waals surface area contributed by atoms with Gasteiger partial charge in [0.15, 0.2) is 0 Å². The van der Waals surface area contributed by atoms with Gasteiger partial charge in [0.25, 0.3) is 5.91 Å². The topological polar surface area (TPSA) is 83.1 Å². The van der Waals surface area contributed by atoms with Gasteiger partial charge in [-0.1, -0.05) is 0 Å². The maximum absolute atomic E-state index is 12.8. The van der Waals surface area contributed by atoms with Crippen molar-refractivity contribution in [3.05, 3.63) is 23.9 Å². The Hall–Kier alpha value is -2.64. The van der Waals surface area contributed by atoms with Gasteiger partial charge in [0, 0.05) is 38.4 Å². The van der Waals surface area contributed by atoms with Gasteiger partial charge in [0.1, 0.15) is 12.6 Å². The quantitative estimate of drug-likeness (QED) is 0.738. The van der Waals surface area contributed by atoms with E-state index < -0.39 is 0 Å². The summed E-state index contributed by atoms with van der Waals surface area (Å²) in [5, 5.41) is 0. The van der Waals surface area contributed by atoms with Crippen molar-refractivity contribution in [1.29, 1.82) is 0 Å². The van der Waals surface area contributed by atoms with Crippen LogP contribution in [0.5, 0.6) is 5.88 Å². The van der Waals surface area contributed by atoms with Gasteiger partial charge in [-0.05, 0) is 44.6 Å². The smallest absolute Gasteiger partial charge is 0.327 e. The van der Waals surface area contributed by atoms with Gasteiger partial charge in [0.05, 0.1) is 5.56 Å². The van der Waals surface area contributed by atoms with Crippen molar-refractivity contribution >= 4 is 17.8 Å². The molecule has 8 heteroatoms. The first-order valence-electron chi connectivity index (χ1n) is 10.0. The van der Waals surface area contributed by atoms with Crippen molar-refractivity contribution in [2.24, 2.45) is 0 Å². The Labute approximate surface area is 164 Å². The second-order valence-corrected chi connectivity index (χ2v) is 7.80. The van der Waals surface area contributed by atoms with Crippen LogP contribution in [0.15, 0.2) is 18.3 Å². The van der Waals surface area contributed by atoms with Crippen LogP contribution in [-0.4, -0.2) is 76.4 Å². The summed E-state index contributed by atoms with van der Waals surface area (Å²) in [5.74, 6) is 0.345. The summed E-state index contributed by atoms with van der Waals surface area (Å²) in [6.07, 6.45) is 7.71. The molecule has 3 fully saturated rings. The third kappa shape index (κ3) is 3.68. The summed E-state index contributed by atoms with van der Waals surface area (Å²) >= 11 is 0. The Morgan fingerprint density at radius 3 is 2.39 bits per heavy atom. The molecule has 3 aliphatic rings. The van der Waals surface area contributed by atoms with Gasteiger partial charge >= 0.3 is 6.03 Å². The molecule has 0 atom stereocenters. The lowest BCUT2D eigenvalue weighted by Crippen LogP contribution is -2.47. The number of rotatable bonds is 4. The van der Waals surface area contributed by atoms with Gasteiger partial charge in [0.2, 0.25) is 11.8 Å². The van der Waals surface area contributed by atoms with Gasteiger partial charge in [-0.15, -0.1) is 0 Å². The highest BCUT2D eigenvalue weighted by atomic mass is 16.5. The summed E-state index contributed by atoms with van der Waals surface area (Å²) in [5.41, 5.74) is 0.546. The summed E-state index contributed by atoms with van der Waals surface area (Å²) in [4.78, 5) is 45.5. The molecule has 0 spiro atoms. The second kappa shape index (κ2) is 7.77. The number of aromatic nitrogens is 1. The van der Waals surface area contributed by atoms with Crippen molar-refractivity contribution in [3.63, 3.8) is 0 Å². The van der Waals surface area contributed by atoms with E-state index in [2.05, 4.69) is 4.98 Å². The predicted octanol–water partition coefficient (Wildman–Crippen LogP) is 1.90. The normalized spacial score (nSPS) is 21.7. The molecule has 0 radical (unpaired) electrons. The number of hydrogen-bond acceptors (Lipinski definition) is 5. The molecule has 28 heavy (non-hydrogen) atoms. The van der Waals surface area contributed by atoms with E-state index in [-0.39, 0.29) is 36.5 Å². The standard InChI is InChI=1S/C20H26N4O4/c1-22-18(25)13-24(20(22)27)15-8-10-23(11-9-15)19(26)14-6-7-17(21-12-14)28-16-4-2-3-5-16/h6-7,12,15-16H,2-5,8-11,13H2,1H3. The molecule has 1 aromatic heterocycles. The van der Waals surface area contributed by atoms with Crippen LogP contribution in [0.4, 0.5) is 4.79 Å². The number of likely N-dealkylation sites (tertiary alicyclic amines) is 1.